The molecule has 8 heteroatoms. The summed E-state index contributed by atoms with van der Waals surface area (Å²) in [5, 5.41) is 8.11. The maximum Gasteiger partial charge on any atom is 0.256 e. The standard InChI is InChI=1S/C20H16N4O3S/c1-11-4-3-5-13(6-11)19(25)22-18-7-12(2)23-24(18)20-21-14-8-15-16(27-10-26-15)9-17(14)28-20/h3-9H,10H2,1-2H3,(H,22,25). The predicted octanol–water partition coefficient (Wildman–Crippen LogP) is 4.08. The summed E-state index contributed by atoms with van der Waals surface area (Å²) in [7, 11) is 0. The van der Waals surface area contributed by atoms with E-state index in [9.17, 15) is 4.79 Å². The molecule has 2 aromatic heterocycles. The molecule has 1 aliphatic rings. The molecule has 2 aromatic carbocycles. The Bertz CT molecular complexity index is 1190. The van der Waals surface area contributed by atoms with Gasteiger partial charge in [-0.2, -0.15) is 9.78 Å². The zero-order chi connectivity index (χ0) is 19.3. The second-order valence-corrected chi connectivity index (χ2v) is 7.59. The highest BCUT2D eigenvalue weighted by Gasteiger charge is 2.19. The first-order valence-electron chi connectivity index (χ1n) is 8.72. The molecule has 1 aliphatic heterocycles. The zero-order valence-electron chi connectivity index (χ0n) is 15.2. The van der Waals surface area contributed by atoms with Crippen LogP contribution in [0, 0.1) is 13.8 Å². The van der Waals surface area contributed by atoms with Gasteiger partial charge in [-0.15, -0.1) is 0 Å². The van der Waals surface area contributed by atoms with Crippen LogP contribution < -0.4 is 14.8 Å². The van der Waals surface area contributed by atoms with E-state index < -0.39 is 0 Å². The van der Waals surface area contributed by atoms with Gasteiger partial charge in [0, 0.05) is 23.8 Å². The number of aryl methyl sites for hydroxylation is 2. The third kappa shape index (κ3) is 2.87. The van der Waals surface area contributed by atoms with Crippen molar-refractivity contribution in [3.05, 3.63) is 59.3 Å². The lowest BCUT2D eigenvalue weighted by Gasteiger charge is -2.07. The molecule has 28 heavy (non-hydrogen) atoms. The van der Waals surface area contributed by atoms with Gasteiger partial charge < -0.3 is 14.8 Å². The van der Waals surface area contributed by atoms with Crippen LogP contribution in [0.5, 0.6) is 11.5 Å². The van der Waals surface area contributed by atoms with Crippen LogP contribution in [0.1, 0.15) is 21.6 Å². The van der Waals surface area contributed by atoms with Gasteiger partial charge in [0.2, 0.25) is 11.9 Å². The average molecular weight is 392 g/mol. The average Bonchev–Trinajstić information content (AvgIpc) is 3.37. The number of nitrogens with zero attached hydrogens (tertiary/aromatic N) is 3. The monoisotopic (exact) mass is 392 g/mol. The maximum atomic E-state index is 12.7. The zero-order valence-corrected chi connectivity index (χ0v) is 16.0. The number of ether oxygens (including phenoxy) is 2. The van der Waals surface area contributed by atoms with E-state index in [1.54, 1.807) is 10.7 Å². The molecular formula is C20H16N4O3S. The van der Waals surface area contributed by atoms with Crippen LogP contribution >= 0.6 is 11.3 Å². The number of hydrogen-bond acceptors (Lipinski definition) is 6. The summed E-state index contributed by atoms with van der Waals surface area (Å²) in [5.74, 6) is 1.79. The van der Waals surface area contributed by atoms with Gasteiger partial charge in [0.1, 0.15) is 5.82 Å². The Morgan fingerprint density at radius 2 is 1.96 bits per heavy atom. The van der Waals surface area contributed by atoms with E-state index in [4.69, 9.17) is 9.47 Å². The van der Waals surface area contributed by atoms with Crippen molar-refractivity contribution in [1.29, 1.82) is 0 Å². The third-order valence-corrected chi connectivity index (χ3v) is 5.40. The fraction of sp³-hybridized carbons (Fsp3) is 0.150. The van der Waals surface area contributed by atoms with E-state index in [0.717, 1.165) is 21.5 Å². The van der Waals surface area contributed by atoms with Crippen LogP contribution in [0.25, 0.3) is 15.3 Å². The van der Waals surface area contributed by atoms with E-state index >= 15 is 0 Å². The minimum atomic E-state index is -0.188. The van der Waals surface area contributed by atoms with Gasteiger partial charge in [-0.1, -0.05) is 29.0 Å². The number of hydrogen-bond donors (Lipinski definition) is 1. The van der Waals surface area contributed by atoms with Crippen molar-refractivity contribution in [2.24, 2.45) is 0 Å². The number of anilines is 1. The summed E-state index contributed by atoms with van der Waals surface area (Å²) in [4.78, 5) is 17.3. The topological polar surface area (TPSA) is 78.3 Å². The number of nitrogens with one attached hydrogen (secondary N) is 1. The molecule has 1 N–H and O–H groups in total. The van der Waals surface area contributed by atoms with Gasteiger partial charge >= 0.3 is 0 Å². The van der Waals surface area contributed by atoms with Crippen molar-refractivity contribution in [2.45, 2.75) is 13.8 Å². The summed E-state index contributed by atoms with van der Waals surface area (Å²) >= 11 is 1.47. The molecule has 0 atom stereocenters. The van der Waals surface area contributed by atoms with Crippen LogP contribution in [0.4, 0.5) is 5.82 Å². The summed E-state index contributed by atoms with van der Waals surface area (Å²) in [6.45, 7) is 4.06. The molecule has 1 amide bonds. The Kier molecular flexibility index (Phi) is 3.80. The number of aromatic nitrogens is 3. The molecule has 4 aromatic rings. The Morgan fingerprint density at radius 3 is 2.79 bits per heavy atom. The molecule has 0 unspecified atom stereocenters. The van der Waals surface area contributed by atoms with Crippen LogP contribution in [0.2, 0.25) is 0 Å². The molecule has 3 heterocycles. The predicted molar refractivity (Wildman–Crippen MR) is 107 cm³/mol. The summed E-state index contributed by atoms with van der Waals surface area (Å²) in [6.07, 6.45) is 0. The smallest absolute Gasteiger partial charge is 0.256 e. The van der Waals surface area contributed by atoms with Crippen LogP contribution in [0.15, 0.2) is 42.5 Å². The van der Waals surface area contributed by atoms with E-state index in [1.165, 1.54) is 11.3 Å². The highest BCUT2D eigenvalue weighted by molar-refractivity contribution is 7.20. The highest BCUT2D eigenvalue weighted by atomic mass is 32.1. The molecule has 5 rings (SSSR count). The van der Waals surface area contributed by atoms with Crippen LogP contribution in [0.3, 0.4) is 0 Å². The first-order valence-corrected chi connectivity index (χ1v) is 9.54. The quantitative estimate of drug-likeness (QED) is 0.568. The largest absolute Gasteiger partial charge is 0.454 e. The van der Waals surface area contributed by atoms with E-state index in [-0.39, 0.29) is 12.7 Å². The molecule has 140 valence electrons. The molecular weight excluding hydrogens is 376 g/mol. The summed E-state index contributed by atoms with van der Waals surface area (Å²) in [6, 6.07) is 13.1. The van der Waals surface area contributed by atoms with Gasteiger partial charge in [0.15, 0.2) is 11.5 Å². The first-order chi connectivity index (χ1) is 13.6. The SMILES string of the molecule is Cc1cccc(C(=O)Nc2cc(C)nn2-c2nc3cc4c(cc3s2)OCO4)c1. The van der Waals surface area contributed by atoms with Crippen molar-refractivity contribution in [1.82, 2.24) is 14.8 Å². The van der Waals surface area contributed by atoms with Gasteiger partial charge in [0.25, 0.3) is 5.91 Å². The molecule has 0 spiro atoms. The summed E-state index contributed by atoms with van der Waals surface area (Å²) < 4.78 is 13.5. The van der Waals surface area contributed by atoms with E-state index in [0.29, 0.717) is 28.0 Å². The fourth-order valence-corrected chi connectivity index (χ4v) is 4.05. The number of thiazole rings is 1. The number of fused-ring (bicyclic) bond motifs is 2. The Morgan fingerprint density at radius 1 is 1.14 bits per heavy atom. The second-order valence-electron chi connectivity index (χ2n) is 6.58. The van der Waals surface area contributed by atoms with Crippen LogP contribution in [-0.2, 0) is 0 Å². The van der Waals surface area contributed by atoms with Gasteiger partial charge in [-0.05, 0) is 26.0 Å². The first kappa shape index (κ1) is 16.8. The van der Waals surface area contributed by atoms with E-state index in [1.807, 2.05) is 50.2 Å². The Balaban J connectivity index is 1.51. The lowest BCUT2D eigenvalue weighted by Crippen LogP contribution is -2.15. The Hall–Kier alpha value is -3.39. The third-order valence-electron chi connectivity index (χ3n) is 4.41. The second kappa shape index (κ2) is 6.35. The van der Waals surface area contributed by atoms with Crippen molar-refractivity contribution in [2.75, 3.05) is 12.1 Å². The molecule has 0 fully saturated rings. The van der Waals surface area contributed by atoms with E-state index in [2.05, 4.69) is 15.4 Å². The molecule has 0 radical (unpaired) electrons. The maximum absolute atomic E-state index is 12.7. The highest BCUT2D eigenvalue weighted by Crippen LogP contribution is 2.38. The van der Waals surface area contributed by atoms with Gasteiger partial charge in [0.05, 0.1) is 15.9 Å². The fourth-order valence-electron chi connectivity index (χ4n) is 3.11. The minimum Gasteiger partial charge on any atom is -0.454 e. The molecule has 7 nitrogen and oxygen atoms in total. The van der Waals surface area contributed by atoms with Crippen LogP contribution in [-0.4, -0.2) is 27.5 Å². The lowest BCUT2D eigenvalue weighted by molar-refractivity contribution is 0.102. The normalized spacial score (nSPS) is 12.5. The molecule has 0 saturated carbocycles. The number of rotatable bonds is 3. The molecule has 0 aliphatic carbocycles. The van der Waals surface area contributed by atoms with Gasteiger partial charge in [-0.3, -0.25) is 4.79 Å². The van der Waals surface area contributed by atoms with Crippen molar-refractivity contribution >= 4 is 33.3 Å². The summed E-state index contributed by atoms with van der Waals surface area (Å²) in [5.41, 5.74) is 3.21. The van der Waals surface area contributed by atoms with Crippen molar-refractivity contribution < 1.29 is 14.3 Å². The Labute approximate surface area is 164 Å². The minimum absolute atomic E-state index is 0.188. The number of carbonyl (C=O) groups excluding carboxylic acids is 1. The molecule has 0 saturated heterocycles. The number of amides is 1. The number of benzene rings is 2. The van der Waals surface area contributed by atoms with Crippen molar-refractivity contribution in [3.8, 4) is 16.6 Å². The van der Waals surface area contributed by atoms with Crippen molar-refractivity contribution in [3.63, 3.8) is 0 Å². The molecule has 0 bridgehead atoms. The number of carbonyl (C=O) groups is 1. The lowest BCUT2D eigenvalue weighted by atomic mass is 10.1. The van der Waals surface area contributed by atoms with Gasteiger partial charge in [-0.25, -0.2) is 4.98 Å².